The average molecular weight is 312 g/mol. The standard InChI is InChI=1S/C13H14F2N4OS/c1-8(2)19-7-16-18-13(19)21-6-12(20)17-9-3-4-10(14)11(15)5-9/h3-5,7-8H,6H2,1-2H3,(H,17,20). The molecule has 0 saturated heterocycles. The summed E-state index contributed by atoms with van der Waals surface area (Å²) in [5.74, 6) is -2.18. The lowest BCUT2D eigenvalue weighted by atomic mass is 10.3. The summed E-state index contributed by atoms with van der Waals surface area (Å²) in [5.41, 5.74) is 0.213. The van der Waals surface area contributed by atoms with Crippen molar-refractivity contribution in [1.82, 2.24) is 14.8 Å². The number of aromatic nitrogens is 3. The number of nitrogens with one attached hydrogen (secondary N) is 1. The summed E-state index contributed by atoms with van der Waals surface area (Å²) in [5, 5.41) is 10.9. The fourth-order valence-electron chi connectivity index (χ4n) is 1.59. The van der Waals surface area contributed by atoms with Gasteiger partial charge in [-0.3, -0.25) is 4.79 Å². The van der Waals surface area contributed by atoms with E-state index in [1.165, 1.54) is 17.8 Å². The van der Waals surface area contributed by atoms with Crippen molar-refractivity contribution < 1.29 is 13.6 Å². The quantitative estimate of drug-likeness (QED) is 0.863. The van der Waals surface area contributed by atoms with Crippen LogP contribution < -0.4 is 5.32 Å². The minimum absolute atomic E-state index is 0.102. The van der Waals surface area contributed by atoms with Crippen LogP contribution in [0, 0.1) is 11.6 Å². The van der Waals surface area contributed by atoms with E-state index < -0.39 is 11.6 Å². The summed E-state index contributed by atoms with van der Waals surface area (Å²) in [6.45, 7) is 3.96. The zero-order valence-electron chi connectivity index (χ0n) is 11.5. The molecule has 0 unspecified atom stereocenters. The molecular weight excluding hydrogens is 298 g/mol. The molecule has 0 bridgehead atoms. The van der Waals surface area contributed by atoms with Gasteiger partial charge in [-0.2, -0.15) is 0 Å². The fraction of sp³-hybridized carbons (Fsp3) is 0.308. The van der Waals surface area contributed by atoms with Gasteiger partial charge in [0.05, 0.1) is 5.75 Å². The van der Waals surface area contributed by atoms with Gasteiger partial charge in [-0.15, -0.1) is 10.2 Å². The van der Waals surface area contributed by atoms with E-state index in [1.807, 2.05) is 18.4 Å². The van der Waals surface area contributed by atoms with E-state index in [1.54, 1.807) is 6.33 Å². The van der Waals surface area contributed by atoms with Crippen LogP contribution in [-0.4, -0.2) is 26.4 Å². The second-order valence-electron chi connectivity index (χ2n) is 4.58. The molecule has 2 aromatic rings. The molecular formula is C13H14F2N4OS. The molecule has 8 heteroatoms. The lowest BCUT2D eigenvalue weighted by molar-refractivity contribution is -0.113. The Morgan fingerprint density at radius 1 is 1.38 bits per heavy atom. The van der Waals surface area contributed by atoms with Crippen molar-refractivity contribution in [2.24, 2.45) is 0 Å². The number of hydrogen-bond acceptors (Lipinski definition) is 4. The van der Waals surface area contributed by atoms with Gasteiger partial charge in [-0.25, -0.2) is 8.78 Å². The molecule has 0 aliphatic carbocycles. The maximum Gasteiger partial charge on any atom is 0.234 e. The lowest BCUT2D eigenvalue weighted by Crippen LogP contribution is -2.15. The number of rotatable bonds is 5. The Bertz CT molecular complexity index is 645. The van der Waals surface area contributed by atoms with Crippen LogP contribution in [0.15, 0.2) is 29.7 Å². The zero-order valence-corrected chi connectivity index (χ0v) is 12.3. The van der Waals surface area contributed by atoms with E-state index in [2.05, 4.69) is 15.5 Å². The third-order valence-corrected chi connectivity index (χ3v) is 3.59. The Hall–Kier alpha value is -1.96. The molecule has 0 saturated carbocycles. The number of carbonyl (C=O) groups excluding carboxylic acids is 1. The molecule has 112 valence electrons. The first-order chi connectivity index (χ1) is 9.97. The Morgan fingerprint density at radius 3 is 2.81 bits per heavy atom. The van der Waals surface area contributed by atoms with Crippen LogP contribution in [0.4, 0.5) is 14.5 Å². The predicted molar refractivity (Wildman–Crippen MR) is 76.1 cm³/mol. The van der Waals surface area contributed by atoms with Crippen molar-refractivity contribution in [2.75, 3.05) is 11.1 Å². The van der Waals surface area contributed by atoms with Crippen LogP contribution in [-0.2, 0) is 4.79 Å². The van der Waals surface area contributed by atoms with Crippen LogP contribution in [0.5, 0.6) is 0 Å². The van der Waals surface area contributed by atoms with Crippen molar-refractivity contribution >= 4 is 23.4 Å². The topological polar surface area (TPSA) is 59.8 Å². The lowest BCUT2D eigenvalue weighted by Gasteiger charge is -2.09. The van der Waals surface area contributed by atoms with Gasteiger partial charge in [-0.1, -0.05) is 11.8 Å². The predicted octanol–water partition coefficient (Wildman–Crippen LogP) is 2.87. The molecule has 0 radical (unpaired) electrons. The van der Waals surface area contributed by atoms with E-state index in [9.17, 15) is 13.6 Å². The number of carbonyl (C=O) groups is 1. The summed E-state index contributed by atoms with van der Waals surface area (Å²) >= 11 is 1.23. The minimum atomic E-state index is -1.000. The molecule has 0 spiro atoms. The smallest absolute Gasteiger partial charge is 0.234 e. The summed E-state index contributed by atoms with van der Waals surface area (Å²) in [6.07, 6.45) is 1.60. The van der Waals surface area contributed by atoms with Crippen LogP contribution >= 0.6 is 11.8 Å². The van der Waals surface area contributed by atoms with E-state index in [0.29, 0.717) is 5.16 Å². The molecule has 0 aliphatic rings. The van der Waals surface area contributed by atoms with Crippen LogP contribution in [0.2, 0.25) is 0 Å². The van der Waals surface area contributed by atoms with Crippen molar-refractivity contribution in [3.8, 4) is 0 Å². The summed E-state index contributed by atoms with van der Waals surface area (Å²) in [7, 11) is 0. The number of anilines is 1. The van der Waals surface area contributed by atoms with Crippen molar-refractivity contribution in [3.05, 3.63) is 36.2 Å². The van der Waals surface area contributed by atoms with Crippen LogP contribution in [0.1, 0.15) is 19.9 Å². The van der Waals surface area contributed by atoms with Gasteiger partial charge in [0.1, 0.15) is 6.33 Å². The van der Waals surface area contributed by atoms with Crippen LogP contribution in [0.25, 0.3) is 0 Å². The van der Waals surface area contributed by atoms with Gasteiger partial charge in [0, 0.05) is 17.8 Å². The maximum absolute atomic E-state index is 13.0. The summed E-state index contributed by atoms with van der Waals surface area (Å²) < 4.78 is 27.7. The van der Waals surface area contributed by atoms with Gasteiger partial charge in [0.15, 0.2) is 16.8 Å². The fourth-order valence-corrected chi connectivity index (χ4v) is 2.43. The SMILES string of the molecule is CC(C)n1cnnc1SCC(=O)Nc1ccc(F)c(F)c1. The molecule has 21 heavy (non-hydrogen) atoms. The molecule has 1 amide bonds. The molecule has 1 N–H and O–H groups in total. The third-order valence-electron chi connectivity index (χ3n) is 2.63. The highest BCUT2D eigenvalue weighted by Crippen LogP contribution is 2.19. The highest BCUT2D eigenvalue weighted by molar-refractivity contribution is 7.99. The summed E-state index contributed by atoms with van der Waals surface area (Å²) in [4.78, 5) is 11.8. The molecule has 1 aromatic heterocycles. The van der Waals surface area contributed by atoms with Crippen molar-refractivity contribution in [2.45, 2.75) is 25.0 Å². The molecule has 1 aromatic carbocycles. The first kappa shape index (κ1) is 15.4. The maximum atomic E-state index is 13.0. The normalized spacial score (nSPS) is 10.9. The Balaban J connectivity index is 1.93. The molecule has 0 aliphatic heterocycles. The highest BCUT2D eigenvalue weighted by Gasteiger charge is 2.11. The second kappa shape index (κ2) is 6.66. The number of nitrogens with zero attached hydrogens (tertiary/aromatic N) is 3. The van der Waals surface area contributed by atoms with E-state index in [0.717, 1.165) is 12.1 Å². The first-order valence-electron chi connectivity index (χ1n) is 6.24. The van der Waals surface area contributed by atoms with Crippen molar-refractivity contribution in [3.63, 3.8) is 0 Å². The van der Waals surface area contributed by atoms with E-state index in [-0.39, 0.29) is 23.4 Å². The number of amides is 1. The largest absolute Gasteiger partial charge is 0.325 e. The van der Waals surface area contributed by atoms with E-state index in [4.69, 9.17) is 0 Å². The van der Waals surface area contributed by atoms with Gasteiger partial charge >= 0.3 is 0 Å². The number of thioether (sulfide) groups is 1. The van der Waals surface area contributed by atoms with Gasteiger partial charge in [0.2, 0.25) is 5.91 Å². The Labute approximate surface area is 124 Å². The molecule has 0 fully saturated rings. The first-order valence-corrected chi connectivity index (χ1v) is 7.23. The highest BCUT2D eigenvalue weighted by atomic mass is 32.2. The zero-order chi connectivity index (χ0) is 15.4. The monoisotopic (exact) mass is 312 g/mol. The summed E-state index contributed by atoms with van der Waals surface area (Å²) in [6, 6.07) is 3.40. The average Bonchev–Trinajstić information content (AvgIpc) is 2.89. The molecule has 5 nitrogen and oxygen atoms in total. The second-order valence-corrected chi connectivity index (χ2v) is 5.52. The Kier molecular flexibility index (Phi) is 4.89. The van der Waals surface area contributed by atoms with Gasteiger partial charge in [0.25, 0.3) is 0 Å². The van der Waals surface area contributed by atoms with Crippen molar-refractivity contribution in [1.29, 1.82) is 0 Å². The number of benzene rings is 1. The molecule has 2 rings (SSSR count). The molecule has 1 heterocycles. The minimum Gasteiger partial charge on any atom is -0.325 e. The van der Waals surface area contributed by atoms with Gasteiger partial charge < -0.3 is 9.88 Å². The van der Waals surface area contributed by atoms with Gasteiger partial charge in [-0.05, 0) is 26.0 Å². The number of hydrogen-bond donors (Lipinski definition) is 1. The number of halogens is 2. The molecule has 0 atom stereocenters. The third kappa shape index (κ3) is 4.01. The van der Waals surface area contributed by atoms with Crippen LogP contribution in [0.3, 0.4) is 0 Å². The van der Waals surface area contributed by atoms with E-state index >= 15 is 0 Å². The Morgan fingerprint density at radius 2 is 2.14 bits per heavy atom.